The molecule has 8 heteroatoms. The molecule has 1 aromatic carbocycles. The van der Waals surface area contributed by atoms with Gasteiger partial charge in [0, 0.05) is 6.20 Å². The number of nitrogens with zero attached hydrogens (tertiary/aromatic N) is 1. The fourth-order valence-electron chi connectivity index (χ4n) is 1.36. The van der Waals surface area contributed by atoms with E-state index >= 15 is 0 Å². The molecular formula is C13H16N4O4. The molecule has 0 amide bonds. The van der Waals surface area contributed by atoms with Crippen LogP contribution in [0.25, 0.3) is 0 Å². The first-order valence-electron chi connectivity index (χ1n) is 5.96. The van der Waals surface area contributed by atoms with Gasteiger partial charge in [-0.2, -0.15) is 4.98 Å². The van der Waals surface area contributed by atoms with E-state index in [0.29, 0.717) is 0 Å². The van der Waals surface area contributed by atoms with E-state index in [9.17, 15) is 9.59 Å². The summed E-state index contributed by atoms with van der Waals surface area (Å²) in [5, 5.41) is 17.5. The van der Waals surface area contributed by atoms with Gasteiger partial charge in [-0.05, 0) is 30.2 Å². The van der Waals surface area contributed by atoms with Crippen LogP contribution >= 0.6 is 0 Å². The van der Waals surface area contributed by atoms with Crippen molar-refractivity contribution in [2.45, 2.75) is 12.5 Å². The van der Waals surface area contributed by atoms with Gasteiger partial charge in [0.25, 0.3) is 0 Å². The van der Waals surface area contributed by atoms with Crippen LogP contribution in [-0.2, 0) is 11.2 Å². The molecule has 0 aliphatic carbocycles. The number of aliphatic carboxylic acids is 1. The third-order valence-electron chi connectivity index (χ3n) is 2.40. The van der Waals surface area contributed by atoms with Gasteiger partial charge in [-0.3, -0.25) is 4.79 Å². The van der Waals surface area contributed by atoms with Crippen LogP contribution in [0.1, 0.15) is 5.56 Å². The predicted octanol–water partition coefficient (Wildman–Crippen LogP) is -0.301. The van der Waals surface area contributed by atoms with Crippen molar-refractivity contribution in [3.8, 4) is 5.75 Å². The minimum absolute atomic E-state index is 0.160. The zero-order valence-electron chi connectivity index (χ0n) is 11.1. The molecule has 2 aromatic rings. The number of phenolic OH excluding ortho intramolecular Hbond substituents is 1. The number of carboxylic acids is 1. The normalized spacial score (nSPS) is 11.1. The maximum atomic E-state index is 10.4. The van der Waals surface area contributed by atoms with E-state index in [0.717, 1.165) is 5.56 Å². The molecule has 1 atom stereocenters. The Hall–Kier alpha value is -2.87. The molecule has 0 aliphatic rings. The third-order valence-corrected chi connectivity index (χ3v) is 2.40. The van der Waals surface area contributed by atoms with Crippen LogP contribution in [0.4, 0.5) is 5.82 Å². The number of aromatic hydroxyl groups is 1. The van der Waals surface area contributed by atoms with E-state index in [1.54, 1.807) is 12.1 Å². The quantitative estimate of drug-likeness (QED) is 0.520. The van der Waals surface area contributed by atoms with Crippen molar-refractivity contribution in [3.05, 3.63) is 52.6 Å². The Bertz CT molecular complexity index is 639. The lowest BCUT2D eigenvalue weighted by molar-refractivity contribution is -0.138. The number of rotatable bonds is 3. The largest absolute Gasteiger partial charge is 0.508 e. The number of aromatic amines is 1. The Morgan fingerprint density at radius 2 is 1.90 bits per heavy atom. The number of benzene rings is 1. The van der Waals surface area contributed by atoms with Gasteiger partial charge in [0.2, 0.25) is 0 Å². The zero-order valence-corrected chi connectivity index (χ0v) is 11.1. The molecule has 112 valence electrons. The molecule has 0 spiro atoms. The number of aromatic nitrogens is 2. The Morgan fingerprint density at radius 3 is 2.33 bits per heavy atom. The number of nitrogen functional groups attached to an aromatic ring is 1. The van der Waals surface area contributed by atoms with E-state index < -0.39 is 17.7 Å². The molecule has 0 fully saturated rings. The number of nitrogens with one attached hydrogen (secondary N) is 1. The van der Waals surface area contributed by atoms with Gasteiger partial charge < -0.3 is 26.7 Å². The van der Waals surface area contributed by atoms with E-state index in [4.69, 9.17) is 21.7 Å². The highest BCUT2D eigenvalue weighted by molar-refractivity contribution is 5.73. The summed E-state index contributed by atoms with van der Waals surface area (Å²) in [7, 11) is 0. The van der Waals surface area contributed by atoms with Crippen LogP contribution in [0.3, 0.4) is 0 Å². The summed E-state index contributed by atoms with van der Waals surface area (Å²) in [4.78, 5) is 26.3. The average Bonchev–Trinajstić information content (AvgIpc) is 2.41. The number of phenols is 1. The van der Waals surface area contributed by atoms with Gasteiger partial charge in [-0.25, -0.2) is 4.79 Å². The molecule has 21 heavy (non-hydrogen) atoms. The number of nitrogens with two attached hydrogens (primary N) is 2. The molecule has 0 bridgehead atoms. The molecule has 1 aromatic heterocycles. The van der Waals surface area contributed by atoms with Crippen LogP contribution in [-0.4, -0.2) is 32.2 Å². The SMILES string of the molecule is NC(Cc1ccc(O)cc1)C(=O)O.Nc1cc[nH]c(=O)n1. The summed E-state index contributed by atoms with van der Waals surface area (Å²) in [6.45, 7) is 0. The Balaban J connectivity index is 0.000000235. The summed E-state index contributed by atoms with van der Waals surface area (Å²) < 4.78 is 0. The van der Waals surface area contributed by atoms with Crippen molar-refractivity contribution in [1.82, 2.24) is 9.97 Å². The number of H-pyrrole nitrogens is 1. The fourth-order valence-corrected chi connectivity index (χ4v) is 1.36. The minimum atomic E-state index is -1.02. The summed E-state index contributed by atoms with van der Waals surface area (Å²) in [6.07, 6.45) is 1.72. The van der Waals surface area contributed by atoms with Crippen molar-refractivity contribution in [2.24, 2.45) is 5.73 Å². The molecule has 1 heterocycles. The van der Waals surface area contributed by atoms with Crippen molar-refractivity contribution in [1.29, 1.82) is 0 Å². The van der Waals surface area contributed by atoms with Crippen LogP contribution in [0.15, 0.2) is 41.3 Å². The minimum Gasteiger partial charge on any atom is -0.508 e. The monoisotopic (exact) mass is 292 g/mol. The molecular weight excluding hydrogens is 276 g/mol. The van der Waals surface area contributed by atoms with Crippen molar-refractivity contribution < 1.29 is 15.0 Å². The van der Waals surface area contributed by atoms with Crippen LogP contribution < -0.4 is 17.2 Å². The summed E-state index contributed by atoms with van der Waals surface area (Å²) in [5.41, 5.74) is 10.8. The average molecular weight is 292 g/mol. The number of hydrogen-bond acceptors (Lipinski definition) is 6. The van der Waals surface area contributed by atoms with E-state index in [-0.39, 0.29) is 18.0 Å². The van der Waals surface area contributed by atoms with Gasteiger partial charge in [0.05, 0.1) is 0 Å². The first-order chi connectivity index (χ1) is 9.88. The second-order valence-electron chi connectivity index (χ2n) is 4.13. The van der Waals surface area contributed by atoms with Gasteiger partial charge in [-0.15, -0.1) is 0 Å². The highest BCUT2D eigenvalue weighted by Gasteiger charge is 2.11. The van der Waals surface area contributed by atoms with Crippen LogP contribution in [0.5, 0.6) is 5.75 Å². The lowest BCUT2D eigenvalue weighted by Crippen LogP contribution is -2.32. The first kappa shape index (κ1) is 16.2. The standard InChI is InChI=1S/C9H11NO3.C4H5N3O/c10-8(9(12)13)5-6-1-3-7(11)4-2-6;5-3-1-2-6-4(8)7-3/h1-4,8,11H,5,10H2,(H,12,13);1-2H,(H3,5,6,7,8). The molecule has 0 saturated heterocycles. The van der Waals surface area contributed by atoms with Crippen molar-refractivity contribution in [2.75, 3.05) is 5.73 Å². The summed E-state index contributed by atoms with van der Waals surface area (Å²) in [6, 6.07) is 6.94. The van der Waals surface area contributed by atoms with Gasteiger partial charge >= 0.3 is 11.7 Å². The third kappa shape index (κ3) is 6.21. The highest BCUT2D eigenvalue weighted by Crippen LogP contribution is 2.10. The first-order valence-corrected chi connectivity index (χ1v) is 5.96. The Morgan fingerprint density at radius 1 is 1.29 bits per heavy atom. The topological polar surface area (TPSA) is 155 Å². The van der Waals surface area contributed by atoms with E-state index in [2.05, 4.69) is 9.97 Å². The second-order valence-corrected chi connectivity index (χ2v) is 4.13. The molecule has 8 nitrogen and oxygen atoms in total. The number of hydrogen-bond donors (Lipinski definition) is 5. The smallest absolute Gasteiger partial charge is 0.346 e. The number of carbonyl (C=O) groups is 1. The molecule has 2 rings (SSSR count). The molecule has 7 N–H and O–H groups in total. The number of carboxylic acid groups (broad SMARTS) is 1. The van der Waals surface area contributed by atoms with E-state index in [1.807, 2.05) is 0 Å². The Kier molecular flexibility index (Phi) is 5.90. The second kappa shape index (κ2) is 7.65. The van der Waals surface area contributed by atoms with E-state index in [1.165, 1.54) is 24.4 Å². The molecule has 0 aliphatic heterocycles. The molecule has 0 saturated carbocycles. The molecule has 0 radical (unpaired) electrons. The Labute approximate surface area is 120 Å². The fraction of sp³-hybridized carbons (Fsp3) is 0.154. The summed E-state index contributed by atoms with van der Waals surface area (Å²) in [5.74, 6) is -0.616. The van der Waals surface area contributed by atoms with Crippen molar-refractivity contribution in [3.63, 3.8) is 0 Å². The van der Waals surface area contributed by atoms with Crippen LogP contribution in [0, 0.1) is 0 Å². The van der Waals surface area contributed by atoms with Gasteiger partial charge in [0.1, 0.15) is 17.6 Å². The zero-order chi connectivity index (χ0) is 15.8. The van der Waals surface area contributed by atoms with Gasteiger partial charge in [0.15, 0.2) is 0 Å². The lowest BCUT2D eigenvalue weighted by atomic mass is 10.1. The lowest BCUT2D eigenvalue weighted by Gasteiger charge is -2.05. The maximum Gasteiger partial charge on any atom is 0.346 e. The van der Waals surface area contributed by atoms with Gasteiger partial charge in [-0.1, -0.05) is 12.1 Å². The maximum absolute atomic E-state index is 10.4. The summed E-state index contributed by atoms with van der Waals surface area (Å²) >= 11 is 0. The molecule has 1 unspecified atom stereocenters. The van der Waals surface area contributed by atoms with Crippen LogP contribution in [0.2, 0.25) is 0 Å². The predicted molar refractivity (Wildman–Crippen MR) is 76.7 cm³/mol. The van der Waals surface area contributed by atoms with Crippen molar-refractivity contribution >= 4 is 11.8 Å². The highest BCUT2D eigenvalue weighted by atomic mass is 16.4. The number of anilines is 1.